The van der Waals surface area contributed by atoms with Crippen LogP contribution in [-0.2, 0) is 4.79 Å². The molecule has 0 saturated heterocycles. The van der Waals surface area contributed by atoms with Crippen molar-refractivity contribution in [3.8, 4) is 0 Å². The minimum absolute atomic E-state index is 0.0896. The van der Waals surface area contributed by atoms with Gasteiger partial charge < -0.3 is 15.5 Å². The maximum atomic E-state index is 12.4. The third-order valence-corrected chi connectivity index (χ3v) is 11.4. The van der Waals surface area contributed by atoms with Gasteiger partial charge in [-0.2, -0.15) is 0 Å². The maximum absolute atomic E-state index is 12.4. The fraction of sp³-hybridized carbons (Fsp3) is 0.732. The van der Waals surface area contributed by atoms with Crippen molar-refractivity contribution in [2.45, 2.75) is 257 Å². The van der Waals surface area contributed by atoms with Crippen LogP contribution in [0.25, 0.3) is 0 Å². The number of hydrogen-bond donors (Lipinski definition) is 3. The molecule has 0 rings (SSSR count). The first kappa shape index (κ1) is 57.6. The van der Waals surface area contributed by atoms with Gasteiger partial charge in [0.2, 0.25) is 5.91 Å². The number of carbonyl (C=O) groups excluding carboxylic acids is 1. The van der Waals surface area contributed by atoms with Gasteiger partial charge >= 0.3 is 0 Å². The number of unbranched alkanes of at least 4 members (excludes halogenated alkanes) is 27. The van der Waals surface area contributed by atoms with Crippen molar-refractivity contribution < 1.29 is 15.0 Å². The highest BCUT2D eigenvalue weighted by molar-refractivity contribution is 5.76. The van der Waals surface area contributed by atoms with Crippen molar-refractivity contribution >= 4 is 5.91 Å². The molecule has 0 saturated carbocycles. The summed E-state index contributed by atoms with van der Waals surface area (Å²) in [5.74, 6) is -0.0896. The van der Waals surface area contributed by atoms with Gasteiger partial charge in [0.05, 0.1) is 18.8 Å². The van der Waals surface area contributed by atoms with Gasteiger partial charge in [0.1, 0.15) is 0 Å². The van der Waals surface area contributed by atoms with Gasteiger partial charge in [-0.15, -0.1) is 0 Å². The molecular formula is C56H99NO3. The van der Waals surface area contributed by atoms with E-state index in [1.54, 1.807) is 6.08 Å². The highest BCUT2D eigenvalue weighted by Crippen LogP contribution is 2.16. The molecule has 0 aromatic carbocycles. The lowest BCUT2D eigenvalue weighted by Gasteiger charge is -2.20. The first-order valence-corrected chi connectivity index (χ1v) is 25.8. The number of rotatable bonds is 46. The summed E-state index contributed by atoms with van der Waals surface area (Å²) in [5.41, 5.74) is 0. The molecule has 0 radical (unpaired) electrons. The van der Waals surface area contributed by atoms with Crippen LogP contribution in [0.5, 0.6) is 0 Å². The molecule has 0 heterocycles. The van der Waals surface area contributed by atoms with Gasteiger partial charge in [-0.25, -0.2) is 0 Å². The van der Waals surface area contributed by atoms with Crippen LogP contribution in [0.4, 0.5) is 0 Å². The topological polar surface area (TPSA) is 69.6 Å². The lowest BCUT2D eigenvalue weighted by atomic mass is 10.0. The molecule has 0 aliphatic rings. The smallest absolute Gasteiger partial charge is 0.220 e. The number of amides is 1. The van der Waals surface area contributed by atoms with Gasteiger partial charge in [-0.1, -0.05) is 253 Å². The predicted octanol–water partition coefficient (Wildman–Crippen LogP) is 16.8. The third kappa shape index (κ3) is 46.6. The largest absolute Gasteiger partial charge is 0.394 e. The highest BCUT2D eigenvalue weighted by Gasteiger charge is 2.17. The minimum Gasteiger partial charge on any atom is -0.394 e. The van der Waals surface area contributed by atoms with E-state index in [1.807, 2.05) is 6.08 Å². The van der Waals surface area contributed by atoms with Crippen LogP contribution < -0.4 is 5.32 Å². The van der Waals surface area contributed by atoms with E-state index in [0.717, 1.165) is 83.5 Å². The average Bonchev–Trinajstić information content (AvgIpc) is 3.25. The van der Waals surface area contributed by atoms with E-state index in [0.29, 0.717) is 6.42 Å². The van der Waals surface area contributed by atoms with Crippen molar-refractivity contribution in [1.82, 2.24) is 5.32 Å². The number of allylic oxidation sites excluding steroid dienone is 13. The van der Waals surface area contributed by atoms with E-state index in [1.165, 1.54) is 141 Å². The van der Waals surface area contributed by atoms with Gasteiger partial charge in [-0.3, -0.25) is 4.79 Å². The Morgan fingerprint density at radius 2 is 0.733 bits per heavy atom. The summed E-state index contributed by atoms with van der Waals surface area (Å²) in [6, 6.07) is -0.642. The normalized spacial score (nSPS) is 13.6. The average molecular weight is 834 g/mol. The van der Waals surface area contributed by atoms with Crippen molar-refractivity contribution in [2.24, 2.45) is 0 Å². The fourth-order valence-corrected chi connectivity index (χ4v) is 7.48. The predicted molar refractivity (Wildman–Crippen MR) is 267 cm³/mol. The molecule has 0 spiro atoms. The number of hydrogen-bond acceptors (Lipinski definition) is 3. The van der Waals surface area contributed by atoms with Crippen molar-refractivity contribution in [2.75, 3.05) is 6.61 Å². The molecule has 2 atom stereocenters. The fourth-order valence-electron chi connectivity index (χ4n) is 7.48. The molecule has 2 unspecified atom stereocenters. The molecule has 1 amide bonds. The number of aliphatic hydroxyl groups is 2. The van der Waals surface area contributed by atoms with Gasteiger partial charge in [0.15, 0.2) is 0 Å². The molecule has 60 heavy (non-hydrogen) atoms. The standard InChI is InChI=1S/C56H99NO3/c1-3-5-7-9-11-13-15-17-19-21-23-25-27-28-30-31-33-35-37-39-41-43-45-47-49-51-55(59)54(53-58)57-56(60)52-50-48-46-44-42-40-38-36-34-32-29-26-24-22-20-18-16-14-12-10-8-6-4-2/h6,8,12,14,18,20,24,26,32,34,38,40,49,51,54-55,58-59H,3-5,7,9-11,13,15-17,19,21-23,25,27-31,33,35-37,39,41-48,50,52-53H2,1-2H3,(H,57,60)/b8-6-,14-12-,20-18-,26-24-,34-32-,40-38-,51-49+. The second kappa shape index (κ2) is 50.9. The van der Waals surface area contributed by atoms with Crippen LogP contribution in [-0.4, -0.2) is 34.9 Å². The zero-order valence-corrected chi connectivity index (χ0v) is 39.7. The van der Waals surface area contributed by atoms with E-state index < -0.39 is 12.1 Å². The number of carbonyl (C=O) groups is 1. The summed E-state index contributed by atoms with van der Waals surface area (Å²) in [5, 5.41) is 23.1. The van der Waals surface area contributed by atoms with E-state index in [2.05, 4.69) is 92.1 Å². The Morgan fingerprint density at radius 3 is 1.10 bits per heavy atom. The van der Waals surface area contributed by atoms with Crippen LogP contribution in [0.2, 0.25) is 0 Å². The number of aliphatic hydroxyl groups excluding tert-OH is 2. The SMILES string of the molecule is CC/C=C\C/C=C\C/C=C\C/C=C\C/C=C\C/C=C\CCCCCCC(=O)NC(CO)C(O)/C=C/CCCCCCCCCCCCCCCCCCCCCCCCC. The van der Waals surface area contributed by atoms with Crippen LogP contribution in [0.3, 0.4) is 0 Å². The molecule has 0 aliphatic heterocycles. The zero-order valence-electron chi connectivity index (χ0n) is 39.7. The summed E-state index contributed by atoms with van der Waals surface area (Å²) < 4.78 is 0. The first-order valence-electron chi connectivity index (χ1n) is 25.8. The second-order valence-electron chi connectivity index (χ2n) is 17.2. The number of nitrogens with one attached hydrogen (secondary N) is 1. The molecule has 4 heteroatoms. The quantitative estimate of drug-likeness (QED) is 0.0423. The first-order chi connectivity index (χ1) is 29.7. The summed E-state index contributed by atoms with van der Waals surface area (Å²) in [4.78, 5) is 12.4. The Balaban J connectivity index is 3.61. The van der Waals surface area contributed by atoms with Crippen molar-refractivity contribution in [1.29, 1.82) is 0 Å². The molecule has 346 valence electrons. The summed E-state index contributed by atoms with van der Waals surface area (Å²) in [7, 11) is 0. The zero-order chi connectivity index (χ0) is 43.5. The lowest BCUT2D eigenvalue weighted by molar-refractivity contribution is -0.123. The van der Waals surface area contributed by atoms with Crippen LogP contribution in [0.1, 0.15) is 245 Å². The minimum atomic E-state index is -0.857. The Kier molecular flexibility index (Phi) is 48.9. The Bertz CT molecular complexity index is 1080. The Labute approximate surface area is 373 Å². The Morgan fingerprint density at radius 1 is 0.417 bits per heavy atom. The molecule has 4 nitrogen and oxygen atoms in total. The molecule has 0 aromatic heterocycles. The molecule has 0 fully saturated rings. The van der Waals surface area contributed by atoms with Crippen LogP contribution >= 0.6 is 0 Å². The molecule has 0 aliphatic carbocycles. The third-order valence-electron chi connectivity index (χ3n) is 11.4. The van der Waals surface area contributed by atoms with E-state index in [9.17, 15) is 15.0 Å². The molecular weight excluding hydrogens is 735 g/mol. The molecule has 0 aromatic rings. The highest BCUT2D eigenvalue weighted by atomic mass is 16.3. The van der Waals surface area contributed by atoms with E-state index >= 15 is 0 Å². The summed E-state index contributed by atoms with van der Waals surface area (Å²) in [6.07, 6.45) is 74.3. The van der Waals surface area contributed by atoms with Gasteiger partial charge in [0, 0.05) is 6.42 Å². The lowest BCUT2D eigenvalue weighted by Crippen LogP contribution is -2.45. The van der Waals surface area contributed by atoms with Gasteiger partial charge in [-0.05, 0) is 70.6 Å². The molecule has 0 bridgehead atoms. The monoisotopic (exact) mass is 834 g/mol. The van der Waals surface area contributed by atoms with Crippen LogP contribution in [0, 0.1) is 0 Å². The summed E-state index contributed by atoms with van der Waals surface area (Å²) >= 11 is 0. The van der Waals surface area contributed by atoms with Crippen molar-refractivity contribution in [3.63, 3.8) is 0 Å². The van der Waals surface area contributed by atoms with E-state index in [4.69, 9.17) is 0 Å². The van der Waals surface area contributed by atoms with Crippen molar-refractivity contribution in [3.05, 3.63) is 85.1 Å². The maximum Gasteiger partial charge on any atom is 0.220 e. The van der Waals surface area contributed by atoms with Crippen LogP contribution in [0.15, 0.2) is 85.1 Å². The Hall–Kier alpha value is -2.43. The second-order valence-corrected chi connectivity index (χ2v) is 17.2. The van der Waals surface area contributed by atoms with Gasteiger partial charge in [0.25, 0.3) is 0 Å². The summed E-state index contributed by atoms with van der Waals surface area (Å²) in [6.45, 7) is 4.19. The molecule has 3 N–H and O–H groups in total. The van der Waals surface area contributed by atoms with E-state index in [-0.39, 0.29) is 12.5 Å².